The van der Waals surface area contributed by atoms with Gasteiger partial charge in [0.1, 0.15) is 0 Å². The Kier molecular flexibility index (Phi) is 5.86. The lowest BCUT2D eigenvalue weighted by atomic mass is 10.1. The number of hydrogen-bond acceptors (Lipinski definition) is 2. The van der Waals surface area contributed by atoms with E-state index in [1.807, 2.05) is 26.0 Å². The van der Waals surface area contributed by atoms with Crippen molar-refractivity contribution < 1.29 is 4.79 Å². The molecule has 0 bridgehead atoms. The van der Waals surface area contributed by atoms with Crippen molar-refractivity contribution >= 4 is 11.6 Å². The third kappa shape index (κ3) is 4.15. The van der Waals surface area contributed by atoms with Gasteiger partial charge in [0.2, 0.25) is 5.91 Å². The molecule has 1 aromatic carbocycles. The molecule has 0 saturated carbocycles. The molecule has 1 aromatic rings. The summed E-state index contributed by atoms with van der Waals surface area (Å²) in [5.74, 6) is 0.148. The molecule has 0 aliphatic rings. The lowest BCUT2D eigenvalue weighted by Gasteiger charge is -2.14. The summed E-state index contributed by atoms with van der Waals surface area (Å²) in [5.41, 5.74) is 2.10. The number of benzene rings is 1. The van der Waals surface area contributed by atoms with E-state index >= 15 is 0 Å². The van der Waals surface area contributed by atoms with Crippen LogP contribution in [0.4, 0.5) is 5.69 Å². The van der Waals surface area contributed by atoms with Crippen molar-refractivity contribution in [1.82, 2.24) is 5.32 Å². The maximum atomic E-state index is 11.7. The van der Waals surface area contributed by atoms with E-state index in [2.05, 4.69) is 36.6 Å². The molecule has 2 N–H and O–H groups in total. The summed E-state index contributed by atoms with van der Waals surface area (Å²) >= 11 is 0. The van der Waals surface area contributed by atoms with Gasteiger partial charge in [-0.25, -0.2) is 0 Å². The van der Waals surface area contributed by atoms with Crippen LogP contribution in [0, 0.1) is 5.92 Å². The van der Waals surface area contributed by atoms with Crippen molar-refractivity contribution in [3.63, 3.8) is 0 Å². The molecule has 18 heavy (non-hydrogen) atoms. The summed E-state index contributed by atoms with van der Waals surface area (Å²) < 4.78 is 0. The quantitative estimate of drug-likeness (QED) is 0.810. The topological polar surface area (TPSA) is 41.1 Å². The lowest BCUT2D eigenvalue weighted by Crippen LogP contribution is -2.20. The van der Waals surface area contributed by atoms with Crippen LogP contribution < -0.4 is 10.6 Å². The van der Waals surface area contributed by atoms with E-state index in [1.165, 1.54) is 5.56 Å². The zero-order chi connectivity index (χ0) is 13.5. The standard InChI is InChI=1S/C15H24N2O/c1-5-11(3)15(18)17-14-9-7-13(8-10-14)12(4)16-6-2/h7-12,16H,5-6H2,1-4H3,(H,17,18). The molecule has 0 aromatic heterocycles. The van der Waals surface area contributed by atoms with Crippen molar-refractivity contribution in [2.45, 2.75) is 40.2 Å². The average Bonchev–Trinajstić information content (AvgIpc) is 2.38. The molecule has 1 amide bonds. The van der Waals surface area contributed by atoms with Gasteiger partial charge in [-0.15, -0.1) is 0 Å². The third-order valence-electron chi connectivity index (χ3n) is 3.25. The molecule has 2 unspecified atom stereocenters. The Balaban J connectivity index is 2.63. The molecule has 0 spiro atoms. The van der Waals surface area contributed by atoms with Crippen molar-refractivity contribution in [2.75, 3.05) is 11.9 Å². The predicted molar refractivity (Wildman–Crippen MR) is 76.6 cm³/mol. The second-order valence-corrected chi connectivity index (χ2v) is 4.70. The van der Waals surface area contributed by atoms with Gasteiger partial charge in [-0.3, -0.25) is 4.79 Å². The van der Waals surface area contributed by atoms with Crippen LogP contribution in [-0.2, 0) is 4.79 Å². The van der Waals surface area contributed by atoms with Gasteiger partial charge in [0.15, 0.2) is 0 Å². The van der Waals surface area contributed by atoms with Gasteiger partial charge < -0.3 is 10.6 Å². The summed E-state index contributed by atoms with van der Waals surface area (Å²) in [7, 11) is 0. The van der Waals surface area contributed by atoms with E-state index in [-0.39, 0.29) is 11.8 Å². The van der Waals surface area contributed by atoms with Gasteiger partial charge in [0, 0.05) is 17.6 Å². The molecule has 0 radical (unpaired) electrons. The second kappa shape index (κ2) is 7.17. The number of hydrogen-bond donors (Lipinski definition) is 2. The van der Waals surface area contributed by atoms with Crippen molar-refractivity contribution in [1.29, 1.82) is 0 Å². The molecule has 0 fully saturated rings. The fourth-order valence-electron chi connectivity index (χ4n) is 1.73. The van der Waals surface area contributed by atoms with Gasteiger partial charge >= 0.3 is 0 Å². The zero-order valence-electron chi connectivity index (χ0n) is 11.8. The molecule has 1 rings (SSSR count). The Morgan fingerprint density at radius 3 is 2.28 bits per heavy atom. The van der Waals surface area contributed by atoms with Crippen LogP contribution in [0.5, 0.6) is 0 Å². The molecule has 0 aliphatic carbocycles. The normalized spacial score (nSPS) is 14.0. The largest absolute Gasteiger partial charge is 0.326 e. The molecule has 100 valence electrons. The SMILES string of the molecule is CCNC(C)c1ccc(NC(=O)C(C)CC)cc1. The minimum Gasteiger partial charge on any atom is -0.326 e. The summed E-state index contributed by atoms with van der Waals surface area (Å²) in [6.45, 7) is 9.14. The van der Waals surface area contributed by atoms with Crippen molar-refractivity contribution in [3.8, 4) is 0 Å². The molecule has 3 nitrogen and oxygen atoms in total. The van der Waals surface area contributed by atoms with Gasteiger partial charge in [0.05, 0.1) is 0 Å². The first-order valence-corrected chi connectivity index (χ1v) is 6.72. The summed E-state index contributed by atoms with van der Waals surface area (Å²) in [6.07, 6.45) is 0.862. The molecule has 3 heteroatoms. The molecule has 2 atom stereocenters. The number of carbonyl (C=O) groups is 1. The first-order valence-electron chi connectivity index (χ1n) is 6.72. The predicted octanol–water partition coefficient (Wildman–Crippen LogP) is 3.34. The maximum Gasteiger partial charge on any atom is 0.227 e. The van der Waals surface area contributed by atoms with Crippen LogP contribution in [0.15, 0.2) is 24.3 Å². The Hall–Kier alpha value is -1.35. The molecule has 0 aliphatic heterocycles. The van der Waals surface area contributed by atoms with Crippen LogP contribution in [0.1, 0.15) is 45.7 Å². The van der Waals surface area contributed by atoms with Crippen LogP contribution in [0.3, 0.4) is 0 Å². The van der Waals surface area contributed by atoms with E-state index < -0.39 is 0 Å². The van der Waals surface area contributed by atoms with E-state index in [9.17, 15) is 4.79 Å². The van der Waals surface area contributed by atoms with Crippen molar-refractivity contribution in [2.24, 2.45) is 5.92 Å². The van der Waals surface area contributed by atoms with Crippen LogP contribution in [-0.4, -0.2) is 12.5 Å². The van der Waals surface area contributed by atoms with Gasteiger partial charge in [-0.05, 0) is 37.6 Å². The highest BCUT2D eigenvalue weighted by molar-refractivity contribution is 5.92. The highest BCUT2D eigenvalue weighted by atomic mass is 16.1. The Morgan fingerprint density at radius 1 is 1.17 bits per heavy atom. The number of anilines is 1. The lowest BCUT2D eigenvalue weighted by molar-refractivity contribution is -0.119. The fraction of sp³-hybridized carbons (Fsp3) is 0.533. The minimum atomic E-state index is 0.0605. The Labute approximate surface area is 110 Å². The van der Waals surface area contributed by atoms with Gasteiger partial charge in [-0.1, -0.05) is 32.9 Å². The van der Waals surface area contributed by atoms with Gasteiger partial charge in [-0.2, -0.15) is 0 Å². The molecular formula is C15H24N2O. The van der Waals surface area contributed by atoms with E-state index in [4.69, 9.17) is 0 Å². The monoisotopic (exact) mass is 248 g/mol. The maximum absolute atomic E-state index is 11.7. The van der Waals surface area contributed by atoms with E-state index in [0.717, 1.165) is 18.7 Å². The highest BCUT2D eigenvalue weighted by Crippen LogP contribution is 2.16. The number of rotatable bonds is 6. The highest BCUT2D eigenvalue weighted by Gasteiger charge is 2.10. The Morgan fingerprint density at radius 2 is 1.78 bits per heavy atom. The first-order chi connectivity index (χ1) is 8.58. The fourth-order valence-corrected chi connectivity index (χ4v) is 1.73. The zero-order valence-corrected chi connectivity index (χ0v) is 11.8. The Bertz CT molecular complexity index is 373. The first kappa shape index (κ1) is 14.7. The van der Waals surface area contributed by atoms with E-state index in [1.54, 1.807) is 0 Å². The van der Waals surface area contributed by atoms with Gasteiger partial charge in [0.25, 0.3) is 0 Å². The molecule has 0 saturated heterocycles. The van der Waals surface area contributed by atoms with Crippen LogP contribution >= 0.6 is 0 Å². The number of amides is 1. The van der Waals surface area contributed by atoms with E-state index in [0.29, 0.717) is 6.04 Å². The van der Waals surface area contributed by atoms with Crippen molar-refractivity contribution in [3.05, 3.63) is 29.8 Å². The minimum absolute atomic E-state index is 0.0605. The summed E-state index contributed by atoms with van der Waals surface area (Å²) in [4.78, 5) is 11.7. The average molecular weight is 248 g/mol. The third-order valence-corrected chi connectivity index (χ3v) is 3.25. The van der Waals surface area contributed by atoms with Crippen LogP contribution in [0.25, 0.3) is 0 Å². The summed E-state index contributed by atoms with van der Waals surface area (Å²) in [5, 5.41) is 6.29. The summed E-state index contributed by atoms with van der Waals surface area (Å²) in [6, 6.07) is 8.38. The molecule has 0 heterocycles. The molecular weight excluding hydrogens is 224 g/mol. The van der Waals surface area contributed by atoms with Crippen LogP contribution in [0.2, 0.25) is 0 Å². The smallest absolute Gasteiger partial charge is 0.227 e. The second-order valence-electron chi connectivity index (χ2n) is 4.70. The number of nitrogens with one attached hydrogen (secondary N) is 2. The number of carbonyl (C=O) groups excluding carboxylic acids is 1.